The SMILES string of the molecule is COc1cc2ccnc(Cc3cccnc3)c2cc1OC. The van der Waals surface area contributed by atoms with Gasteiger partial charge in [0.2, 0.25) is 0 Å². The van der Waals surface area contributed by atoms with Gasteiger partial charge in [-0.3, -0.25) is 9.97 Å². The maximum atomic E-state index is 5.38. The second kappa shape index (κ2) is 5.79. The molecule has 0 saturated heterocycles. The monoisotopic (exact) mass is 280 g/mol. The summed E-state index contributed by atoms with van der Waals surface area (Å²) in [7, 11) is 3.28. The Morgan fingerprint density at radius 3 is 2.52 bits per heavy atom. The summed E-state index contributed by atoms with van der Waals surface area (Å²) in [6.07, 6.45) is 6.19. The second-order valence-corrected chi connectivity index (χ2v) is 4.72. The number of ether oxygens (including phenoxy) is 2. The van der Waals surface area contributed by atoms with Crippen LogP contribution in [-0.2, 0) is 6.42 Å². The predicted octanol–water partition coefficient (Wildman–Crippen LogP) is 3.24. The molecule has 2 heterocycles. The van der Waals surface area contributed by atoms with Gasteiger partial charge in [-0.2, -0.15) is 0 Å². The van der Waals surface area contributed by atoms with Gasteiger partial charge in [-0.15, -0.1) is 0 Å². The van der Waals surface area contributed by atoms with E-state index >= 15 is 0 Å². The molecule has 106 valence electrons. The van der Waals surface area contributed by atoms with E-state index in [4.69, 9.17) is 9.47 Å². The Hall–Kier alpha value is -2.62. The fourth-order valence-corrected chi connectivity index (χ4v) is 2.40. The van der Waals surface area contributed by atoms with Crippen LogP contribution in [-0.4, -0.2) is 24.2 Å². The van der Waals surface area contributed by atoms with Crippen LogP contribution in [0.1, 0.15) is 11.3 Å². The number of benzene rings is 1. The minimum atomic E-state index is 0.713. The summed E-state index contributed by atoms with van der Waals surface area (Å²) >= 11 is 0. The van der Waals surface area contributed by atoms with Gasteiger partial charge in [0.1, 0.15) is 0 Å². The zero-order valence-electron chi connectivity index (χ0n) is 12.0. The van der Waals surface area contributed by atoms with E-state index < -0.39 is 0 Å². The number of hydrogen-bond donors (Lipinski definition) is 0. The summed E-state index contributed by atoms with van der Waals surface area (Å²) in [6.45, 7) is 0. The van der Waals surface area contributed by atoms with Gasteiger partial charge in [0.05, 0.1) is 19.9 Å². The molecule has 1 aromatic carbocycles. The van der Waals surface area contributed by atoms with E-state index in [9.17, 15) is 0 Å². The Bertz CT molecular complexity index is 757. The van der Waals surface area contributed by atoms with Gasteiger partial charge in [-0.25, -0.2) is 0 Å². The van der Waals surface area contributed by atoms with Crippen molar-refractivity contribution in [3.63, 3.8) is 0 Å². The van der Waals surface area contributed by atoms with Crippen molar-refractivity contribution in [1.29, 1.82) is 0 Å². The number of pyridine rings is 2. The fourth-order valence-electron chi connectivity index (χ4n) is 2.40. The van der Waals surface area contributed by atoms with Crippen molar-refractivity contribution in [2.45, 2.75) is 6.42 Å². The Labute approximate surface area is 123 Å². The van der Waals surface area contributed by atoms with Gasteiger partial charge in [0.25, 0.3) is 0 Å². The van der Waals surface area contributed by atoms with E-state index in [1.807, 2.05) is 42.7 Å². The van der Waals surface area contributed by atoms with Gasteiger partial charge in [0.15, 0.2) is 11.5 Å². The first-order valence-corrected chi connectivity index (χ1v) is 6.70. The smallest absolute Gasteiger partial charge is 0.161 e. The highest BCUT2D eigenvalue weighted by Crippen LogP contribution is 2.33. The molecule has 3 rings (SSSR count). The molecular formula is C17H16N2O2. The van der Waals surface area contributed by atoms with E-state index in [-0.39, 0.29) is 0 Å². The summed E-state index contributed by atoms with van der Waals surface area (Å²) in [4.78, 5) is 8.66. The standard InChI is InChI=1S/C17H16N2O2/c1-20-16-9-13-5-7-19-15(14(13)10-17(16)21-2)8-12-4-3-6-18-11-12/h3-7,9-11H,8H2,1-2H3. The number of hydrogen-bond acceptors (Lipinski definition) is 4. The van der Waals surface area contributed by atoms with Crippen LogP contribution in [0.5, 0.6) is 11.5 Å². The average Bonchev–Trinajstić information content (AvgIpc) is 2.55. The summed E-state index contributed by atoms with van der Waals surface area (Å²) in [5.74, 6) is 1.44. The van der Waals surface area contributed by atoms with Crippen molar-refractivity contribution in [3.8, 4) is 11.5 Å². The summed E-state index contributed by atoms with van der Waals surface area (Å²) in [5.41, 5.74) is 2.13. The Balaban J connectivity index is 2.10. The molecule has 0 bridgehead atoms. The lowest BCUT2D eigenvalue weighted by molar-refractivity contribution is 0.356. The van der Waals surface area contributed by atoms with Gasteiger partial charge in [-0.1, -0.05) is 6.07 Å². The van der Waals surface area contributed by atoms with E-state index in [1.165, 1.54) is 0 Å². The molecule has 0 amide bonds. The maximum absolute atomic E-state index is 5.38. The molecule has 4 nitrogen and oxygen atoms in total. The topological polar surface area (TPSA) is 44.2 Å². The molecule has 0 aliphatic heterocycles. The van der Waals surface area contributed by atoms with Crippen LogP contribution >= 0.6 is 0 Å². The molecule has 0 aliphatic rings. The van der Waals surface area contributed by atoms with Gasteiger partial charge < -0.3 is 9.47 Å². The normalized spacial score (nSPS) is 10.6. The van der Waals surface area contributed by atoms with E-state index in [1.54, 1.807) is 20.4 Å². The lowest BCUT2D eigenvalue weighted by Crippen LogP contribution is -1.96. The van der Waals surface area contributed by atoms with Crippen LogP contribution in [0.2, 0.25) is 0 Å². The van der Waals surface area contributed by atoms with Crippen LogP contribution in [0, 0.1) is 0 Å². The quantitative estimate of drug-likeness (QED) is 0.736. The van der Waals surface area contributed by atoms with Crippen LogP contribution in [0.4, 0.5) is 0 Å². The molecule has 21 heavy (non-hydrogen) atoms. The molecule has 4 heteroatoms. The third-order valence-corrected chi connectivity index (χ3v) is 3.45. The number of aromatic nitrogens is 2. The number of nitrogens with zero attached hydrogens (tertiary/aromatic N) is 2. The van der Waals surface area contributed by atoms with Crippen molar-refractivity contribution < 1.29 is 9.47 Å². The minimum Gasteiger partial charge on any atom is -0.493 e. The van der Waals surface area contributed by atoms with E-state index in [0.29, 0.717) is 5.75 Å². The first-order valence-electron chi connectivity index (χ1n) is 6.70. The molecule has 2 aromatic heterocycles. The van der Waals surface area contributed by atoms with Crippen LogP contribution < -0.4 is 9.47 Å². The molecule has 0 spiro atoms. The van der Waals surface area contributed by atoms with Crippen molar-refractivity contribution in [2.75, 3.05) is 14.2 Å². The Kier molecular flexibility index (Phi) is 3.69. The highest BCUT2D eigenvalue weighted by molar-refractivity contribution is 5.88. The Morgan fingerprint density at radius 1 is 1.00 bits per heavy atom. The first kappa shape index (κ1) is 13.4. The third kappa shape index (κ3) is 2.65. The zero-order chi connectivity index (χ0) is 14.7. The van der Waals surface area contributed by atoms with Gasteiger partial charge in [-0.05, 0) is 35.2 Å². The summed E-state index contributed by atoms with van der Waals surface area (Å²) in [5, 5.41) is 2.15. The summed E-state index contributed by atoms with van der Waals surface area (Å²) in [6, 6.07) is 9.91. The second-order valence-electron chi connectivity index (χ2n) is 4.72. The fraction of sp³-hybridized carbons (Fsp3) is 0.176. The number of fused-ring (bicyclic) bond motifs is 1. The average molecular weight is 280 g/mol. The van der Waals surface area contributed by atoms with Gasteiger partial charge >= 0.3 is 0 Å². The highest BCUT2D eigenvalue weighted by Gasteiger charge is 2.10. The van der Waals surface area contributed by atoms with E-state index in [2.05, 4.69) is 9.97 Å². The molecule has 0 atom stereocenters. The zero-order valence-corrected chi connectivity index (χ0v) is 12.0. The molecular weight excluding hydrogens is 264 g/mol. The molecule has 0 saturated carbocycles. The Morgan fingerprint density at radius 2 is 1.81 bits per heavy atom. The molecule has 3 aromatic rings. The van der Waals surface area contributed by atoms with Crippen molar-refractivity contribution in [3.05, 3.63) is 60.2 Å². The van der Waals surface area contributed by atoms with Crippen LogP contribution in [0.15, 0.2) is 48.9 Å². The van der Waals surface area contributed by atoms with Gasteiger partial charge in [0, 0.05) is 30.4 Å². The largest absolute Gasteiger partial charge is 0.493 e. The van der Waals surface area contributed by atoms with E-state index in [0.717, 1.165) is 34.2 Å². The molecule has 0 N–H and O–H groups in total. The first-order chi connectivity index (χ1) is 10.3. The van der Waals surface area contributed by atoms with Crippen molar-refractivity contribution in [2.24, 2.45) is 0 Å². The molecule has 0 unspecified atom stereocenters. The predicted molar refractivity (Wildman–Crippen MR) is 81.9 cm³/mol. The maximum Gasteiger partial charge on any atom is 0.161 e. The molecule has 0 fully saturated rings. The minimum absolute atomic E-state index is 0.713. The lowest BCUT2D eigenvalue weighted by atomic mass is 10.0. The van der Waals surface area contributed by atoms with Crippen LogP contribution in [0.25, 0.3) is 10.8 Å². The molecule has 0 radical (unpaired) electrons. The third-order valence-electron chi connectivity index (χ3n) is 3.45. The highest BCUT2D eigenvalue weighted by atomic mass is 16.5. The lowest BCUT2D eigenvalue weighted by Gasteiger charge is -2.11. The number of rotatable bonds is 4. The number of methoxy groups -OCH3 is 2. The molecule has 0 aliphatic carbocycles. The summed E-state index contributed by atoms with van der Waals surface area (Å²) < 4.78 is 10.7. The van der Waals surface area contributed by atoms with Crippen molar-refractivity contribution in [1.82, 2.24) is 9.97 Å². The van der Waals surface area contributed by atoms with Crippen molar-refractivity contribution >= 4 is 10.8 Å². The van der Waals surface area contributed by atoms with Crippen LogP contribution in [0.3, 0.4) is 0 Å².